The van der Waals surface area contributed by atoms with Crippen LogP contribution < -0.4 is 22.0 Å². The number of nitrogens with one attached hydrogen (secondary N) is 4. The molecule has 10 heteroatoms. The second kappa shape index (κ2) is 5.71. The van der Waals surface area contributed by atoms with Crippen LogP contribution in [0.2, 0.25) is 0 Å². The summed E-state index contributed by atoms with van der Waals surface area (Å²) < 4.78 is 1.00. The molecule has 0 aliphatic carbocycles. The molecule has 1 aliphatic heterocycles. The highest BCUT2D eigenvalue weighted by atomic mass is 32.1. The van der Waals surface area contributed by atoms with Crippen molar-refractivity contribution in [2.75, 3.05) is 12.0 Å². The van der Waals surface area contributed by atoms with Crippen molar-refractivity contribution in [2.24, 2.45) is 5.10 Å². The first kappa shape index (κ1) is 16.1. The largest absolute Gasteiger partial charge is 0.354 e. The van der Waals surface area contributed by atoms with Gasteiger partial charge in [0.15, 0.2) is 0 Å². The average Bonchev–Trinajstić information content (AvgIpc) is 3.01. The number of aryl methyl sites for hydroxylation is 1. The zero-order valence-electron chi connectivity index (χ0n) is 13.1. The average molecular weight is 348 g/mol. The number of H-pyrrole nitrogens is 1. The van der Waals surface area contributed by atoms with Gasteiger partial charge in [-0.3, -0.25) is 20.0 Å². The minimum absolute atomic E-state index is 0.337. The number of amides is 1. The van der Waals surface area contributed by atoms with Gasteiger partial charge in [-0.25, -0.2) is 9.36 Å². The van der Waals surface area contributed by atoms with Gasteiger partial charge in [0.25, 0.3) is 5.56 Å². The Morgan fingerprint density at radius 1 is 1.42 bits per heavy atom. The molecule has 24 heavy (non-hydrogen) atoms. The smallest absolute Gasteiger partial charge is 0.330 e. The minimum atomic E-state index is -1.20. The van der Waals surface area contributed by atoms with Gasteiger partial charge in [0.2, 0.25) is 5.91 Å². The standard InChI is InChI=1S/C14H16N6O3S/c1-7-8-10(24-9(7)19-17-6-4-15)18-13(23)20(11(8)21)14(2)3-5-16-12(14)22/h4,6,15,19H,3,5H2,1-2H3,(H,16,22)(H,18,23)/b15-4?,17-6-. The van der Waals surface area contributed by atoms with E-state index in [4.69, 9.17) is 5.41 Å². The number of fused-ring (bicyclic) bond motifs is 1. The number of anilines is 1. The molecule has 9 nitrogen and oxygen atoms in total. The monoisotopic (exact) mass is 348 g/mol. The molecule has 0 radical (unpaired) electrons. The van der Waals surface area contributed by atoms with Crippen molar-refractivity contribution in [3.8, 4) is 0 Å². The summed E-state index contributed by atoms with van der Waals surface area (Å²) in [5.41, 5.74) is 1.08. The summed E-state index contributed by atoms with van der Waals surface area (Å²) in [7, 11) is 0. The van der Waals surface area contributed by atoms with Gasteiger partial charge in [-0.1, -0.05) is 11.3 Å². The summed E-state index contributed by atoms with van der Waals surface area (Å²) in [5, 5.41) is 14.3. The fraction of sp³-hybridized carbons (Fsp3) is 0.357. The number of aromatic amines is 1. The number of hydrogen-bond acceptors (Lipinski definition) is 7. The molecule has 1 fully saturated rings. The summed E-state index contributed by atoms with van der Waals surface area (Å²) >= 11 is 1.18. The van der Waals surface area contributed by atoms with Gasteiger partial charge in [-0.05, 0) is 20.3 Å². The van der Waals surface area contributed by atoms with E-state index in [1.54, 1.807) is 13.8 Å². The molecule has 0 aromatic carbocycles. The lowest BCUT2D eigenvalue weighted by Gasteiger charge is -2.22. The molecule has 1 unspecified atom stereocenters. The van der Waals surface area contributed by atoms with Gasteiger partial charge in [-0.2, -0.15) is 5.10 Å². The summed E-state index contributed by atoms with van der Waals surface area (Å²) in [6.45, 7) is 3.75. The van der Waals surface area contributed by atoms with Gasteiger partial charge in [0.05, 0.1) is 11.6 Å². The third kappa shape index (κ3) is 2.26. The summed E-state index contributed by atoms with van der Waals surface area (Å²) in [6.07, 6.45) is 2.65. The maximum atomic E-state index is 12.9. The van der Waals surface area contributed by atoms with Crippen LogP contribution in [0, 0.1) is 12.3 Å². The number of rotatable bonds is 4. The lowest BCUT2D eigenvalue weighted by molar-refractivity contribution is -0.126. The van der Waals surface area contributed by atoms with E-state index in [1.807, 2.05) is 0 Å². The van der Waals surface area contributed by atoms with E-state index in [0.717, 1.165) is 10.8 Å². The van der Waals surface area contributed by atoms with E-state index in [9.17, 15) is 14.4 Å². The molecule has 0 spiro atoms. The van der Waals surface area contributed by atoms with Crippen LogP contribution in [0.15, 0.2) is 14.7 Å². The van der Waals surface area contributed by atoms with Gasteiger partial charge in [0.1, 0.15) is 15.4 Å². The third-order valence-corrected chi connectivity index (χ3v) is 5.29. The normalized spacial score (nSPS) is 20.7. The molecule has 126 valence electrons. The van der Waals surface area contributed by atoms with Crippen molar-refractivity contribution in [3.05, 3.63) is 26.4 Å². The molecule has 0 saturated carbocycles. The number of carbonyl (C=O) groups is 1. The molecule has 0 bridgehead atoms. The molecule has 3 rings (SSSR count). The van der Waals surface area contributed by atoms with E-state index >= 15 is 0 Å². The van der Waals surface area contributed by atoms with Crippen LogP contribution in [0.25, 0.3) is 10.2 Å². The topological polar surface area (TPSA) is 132 Å². The number of carbonyl (C=O) groups excluding carboxylic acids is 1. The highest BCUT2D eigenvalue weighted by Gasteiger charge is 2.42. The first-order valence-electron chi connectivity index (χ1n) is 7.25. The van der Waals surface area contributed by atoms with E-state index in [0.29, 0.717) is 33.7 Å². The van der Waals surface area contributed by atoms with Crippen molar-refractivity contribution >= 4 is 44.9 Å². The minimum Gasteiger partial charge on any atom is -0.354 e. The Bertz CT molecular complexity index is 985. The molecule has 3 heterocycles. The Labute approximate surface area is 139 Å². The van der Waals surface area contributed by atoms with Crippen molar-refractivity contribution < 1.29 is 4.79 Å². The van der Waals surface area contributed by atoms with Crippen molar-refractivity contribution in [3.63, 3.8) is 0 Å². The van der Waals surface area contributed by atoms with E-state index in [-0.39, 0.29) is 5.91 Å². The Kier molecular flexibility index (Phi) is 3.84. The molecule has 1 atom stereocenters. The molecular formula is C14H16N6O3S. The van der Waals surface area contributed by atoms with Crippen LogP contribution in [-0.4, -0.2) is 34.4 Å². The summed E-state index contributed by atoms with van der Waals surface area (Å²) in [4.78, 5) is 40.6. The zero-order chi connectivity index (χ0) is 17.5. The number of hydrazone groups is 1. The highest BCUT2D eigenvalue weighted by Crippen LogP contribution is 2.32. The molecule has 4 N–H and O–H groups in total. The SMILES string of the molecule is Cc1c(N/N=C\C=N)sc2[nH]c(=O)n(C3(C)CCNC3=O)c(=O)c12. The molecule has 2 aromatic heterocycles. The van der Waals surface area contributed by atoms with E-state index in [1.165, 1.54) is 17.6 Å². The highest BCUT2D eigenvalue weighted by molar-refractivity contribution is 7.22. The Morgan fingerprint density at radius 2 is 2.17 bits per heavy atom. The first-order chi connectivity index (χ1) is 11.4. The molecule has 1 saturated heterocycles. The van der Waals surface area contributed by atoms with E-state index < -0.39 is 16.8 Å². The van der Waals surface area contributed by atoms with Crippen LogP contribution in [0.5, 0.6) is 0 Å². The predicted molar refractivity (Wildman–Crippen MR) is 93.6 cm³/mol. The Morgan fingerprint density at radius 3 is 2.79 bits per heavy atom. The van der Waals surface area contributed by atoms with E-state index in [2.05, 4.69) is 20.8 Å². The number of thiophene rings is 1. The fourth-order valence-corrected chi connectivity index (χ4v) is 3.88. The Balaban J connectivity index is 2.24. The third-order valence-electron chi connectivity index (χ3n) is 4.18. The number of aromatic nitrogens is 2. The van der Waals surface area contributed by atoms with Crippen molar-refractivity contribution in [1.82, 2.24) is 14.9 Å². The van der Waals surface area contributed by atoms with Crippen LogP contribution >= 0.6 is 11.3 Å². The van der Waals surface area contributed by atoms with Crippen molar-refractivity contribution in [2.45, 2.75) is 25.8 Å². The van der Waals surface area contributed by atoms with Crippen LogP contribution in [0.4, 0.5) is 5.00 Å². The van der Waals surface area contributed by atoms with Crippen LogP contribution in [0.1, 0.15) is 18.9 Å². The number of nitrogens with zero attached hydrogens (tertiary/aromatic N) is 2. The van der Waals surface area contributed by atoms with Gasteiger partial charge in [-0.15, -0.1) is 0 Å². The second-order valence-corrected chi connectivity index (χ2v) is 6.69. The molecule has 2 aromatic rings. The van der Waals surface area contributed by atoms with Crippen LogP contribution in [-0.2, 0) is 10.3 Å². The molecule has 1 aliphatic rings. The predicted octanol–water partition coefficient (Wildman–Crippen LogP) is 0.342. The van der Waals surface area contributed by atoms with Gasteiger partial charge in [0, 0.05) is 18.3 Å². The first-order valence-corrected chi connectivity index (χ1v) is 8.07. The lowest BCUT2D eigenvalue weighted by atomic mass is 10.00. The Hall–Kier alpha value is -2.75. The maximum Gasteiger partial charge on any atom is 0.330 e. The molecular weight excluding hydrogens is 332 g/mol. The number of hydrogen-bond donors (Lipinski definition) is 4. The van der Waals surface area contributed by atoms with Crippen LogP contribution in [0.3, 0.4) is 0 Å². The molecule has 1 amide bonds. The summed E-state index contributed by atoms with van der Waals surface area (Å²) in [5.74, 6) is -0.337. The fourth-order valence-electron chi connectivity index (χ4n) is 2.84. The second-order valence-electron chi connectivity index (χ2n) is 5.67. The van der Waals surface area contributed by atoms with Gasteiger partial charge >= 0.3 is 5.69 Å². The maximum absolute atomic E-state index is 12.9. The van der Waals surface area contributed by atoms with Crippen molar-refractivity contribution in [1.29, 1.82) is 5.41 Å². The quantitative estimate of drug-likeness (QED) is 0.468. The zero-order valence-corrected chi connectivity index (χ0v) is 13.9. The summed E-state index contributed by atoms with van der Waals surface area (Å²) in [6, 6.07) is 0. The van der Waals surface area contributed by atoms with Gasteiger partial charge < -0.3 is 10.7 Å². The lowest BCUT2D eigenvalue weighted by Crippen LogP contribution is -2.51.